The molecule has 1 saturated carbocycles. The number of alkyl halides is 2. The van der Waals surface area contributed by atoms with Crippen molar-refractivity contribution in [3.8, 4) is 5.75 Å². The summed E-state index contributed by atoms with van der Waals surface area (Å²) in [6.45, 7) is -3.07. The van der Waals surface area contributed by atoms with Gasteiger partial charge in [-0.05, 0) is 25.0 Å². The van der Waals surface area contributed by atoms with E-state index in [0.29, 0.717) is 0 Å². The van der Waals surface area contributed by atoms with Crippen LogP contribution < -0.4 is 10.1 Å². The lowest BCUT2D eigenvalue weighted by atomic mass is 10.2. The molecule has 1 fully saturated rings. The van der Waals surface area contributed by atoms with Gasteiger partial charge in [-0.25, -0.2) is 4.39 Å². The Labute approximate surface area is 95.6 Å². The standard InChI is InChI=1S/C11H10F3NO2/c12-8-5-7(15-10(16)6-1-2-6)3-4-9(8)17-11(13)14/h3-6,11H,1-2H2,(H,15,16). The molecule has 2 rings (SSSR count). The van der Waals surface area contributed by atoms with E-state index in [2.05, 4.69) is 10.1 Å². The molecule has 1 aliphatic carbocycles. The van der Waals surface area contributed by atoms with E-state index in [9.17, 15) is 18.0 Å². The molecule has 0 bridgehead atoms. The van der Waals surface area contributed by atoms with Crippen LogP contribution in [0.5, 0.6) is 5.75 Å². The smallest absolute Gasteiger partial charge is 0.387 e. The zero-order valence-corrected chi connectivity index (χ0v) is 8.75. The summed E-state index contributed by atoms with van der Waals surface area (Å²) in [7, 11) is 0. The zero-order chi connectivity index (χ0) is 12.4. The molecular formula is C11H10F3NO2. The maximum Gasteiger partial charge on any atom is 0.387 e. The topological polar surface area (TPSA) is 38.3 Å². The lowest BCUT2D eigenvalue weighted by Gasteiger charge is -2.08. The number of anilines is 1. The summed E-state index contributed by atoms with van der Waals surface area (Å²) < 4.78 is 40.9. The highest BCUT2D eigenvalue weighted by Crippen LogP contribution is 2.30. The van der Waals surface area contributed by atoms with Gasteiger partial charge < -0.3 is 10.1 Å². The number of hydrogen-bond acceptors (Lipinski definition) is 2. The van der Waals surface area contributed by atoms with E-state index in [-0.39, 0.29) is 17.5 Å². The van der Waals surface area contributed by atoms with Crippen LogP contribution in [0.25, 0.3) is 0 Å². The maximum absolute atomic E-state index is 13.3. The third-order valence-electron chi connectivity index (χ3n) is 2.36. The number of carbonyl (C=O) groups excluding carboxylic acids is 1. The Balaban J connectivity index is 2.04. The largest absolute Gasteiger partial charge is 0.432 e. The molecule has 92 valence electrons. The molecular weight excluding hydrogens is 235 g/mol. The number of ether oxygens (including phenoxy) is 1. The van der Waals surface area contributed by atoms with Crippen LogP contribution in [0.15, 0.2) is 18.2 Å². The Hall–Kier alpha value is -1.72. The predicted octanol–water partition coefficient (Wildman–Crippen LogP) is 2.78. The summed E-state index contributed by atoms with van der Waals surface area (Å²) in [5.74, 6) is -1.65. The molecule has 0 aromatic heterocycles. The highest BCUT2D eigenvalue weighted by Gasteiger charge is 2.29. The second kappa shape index (κ2) is 4.65. The fourth-order valence-electron chi connectivity index (χ4n) is 1.36. The van der Waals surface area contributed by atoms with Crippen molar-refractivity contribution in [1.29, 1.82) is 0 Å². The fourth-order valence-corrected chi connectivity index (χ4v) is 1.36. The van der Waals surface area contributed by atoms with Crippen LogP contribution >= 0.6 is 0 Å². The molecule has 0 heterocycles. The van der Waals surface area contributed by atoms with Crippen molar-refractivity contribution in [1.82, 2.24) is 0 Å². The zero-order valence-electron chi connectivity index (χ0n) is 8.75. The quantitative estimate of drug-likeness (QED) is 0.885. The maximum atomic E-state index is 13.3. The minimum absolute atomic E-state index is 0.00458. The van der Waals surface area contributed by atoms with Crippen molar-refractivity contribution in [3.63, 3.8) is 0 Å². The Morgan fingerprint density at radius 3 is 2.65 bits per heavy atom. The number of halogens is 3. The number of nitrogens with one attached hydrogen (secondary N) is 1. The van der Waals surface area contributed by atoms with E-state index in [0.717, 1.165) is 25.0 Å². The normalized spacial score (nSPS) is 14.8. The Morgan fingerprint density at radius 2 is 2.12 bits per heavy atom. The molecule has 1 amide bonds. The highest BCUT2D eigenvalue weighted by molar-refractivity contribution is 5.94. The molecule has 1 aromatic carbocycles. The third kappa shape index (κ3) is 3.12. The van der Waals surface area contributed by atoms with E-state index in [4.69, 9.17) is 0 Å². The van der Waals surface area contributed by atoms with E-state index < -0.39 is 18.2 Å². The van der Waals surface area contributed by atoms with Gasteiger partial charge in [-0.15, -0.1) is 0 Å². The highest BCUT2D eigenvalue weighted by atomic mass is 19.3. The SMILES string of the molecule is O=C(Nc1ccc(OC(F)F)c(F)c1)C1CC1. The molecule has 0 unspecified atom stereocenters. The first-order valence-corrected chi connectivity index (χ1v) is 5.11. The van der Waals surface area contributed by atoms with Gasteiger partial charge in [-0.1, -0.05) is 0 Å². The predicted molar refractivity (Wildman–Crippen MR) is 54.4 cm³/mol. The third-order valence-corrected chi connectivity index (χ3v) is 2.36. The lowest BCUT2D eigenvalue weighted by molar-refractivity contribution is -0.117. The van der Waals surface area contributed by atoms with Crippen LogP contribution in [0.2, 0.25) is 0 Å². The van der Waals surface area contributed by atoms with Crippen molar-refractivity contribution in [2.24, 2.45) is 5.92 Å². The fraction of sp³-hybridized carbons (Fsp3) is 0.364. The summed E-state index contributed by atoms with van der Waals surface area (Å²) >= 11 is 0. The number of rotatable bonds is 4. The van der Waals surface area contributed by atoms with Crippen molar-refractivity contribution in [2.75, 3.05) is 5.32 Å². The number of amides is 1. The molecule has 0 atom stereocenters. The average Bonchev–Trinajstić information content (AvgIpc) is 3.05. The summed E-state index contributed by atoms with van der Waals surface area (Å²) in [6.07, 6.45) is 1.67. The van der Waals surface area contributed by atoms with Gasteiger partial charge in [0, 0.05) is 17.7 Å². The minimum Gasteiger partial charge on any atom is -0.432 e. The molecule has 1 aromatic rings. The van der Waals surface area contributed by atoms with Gasteiger partial charge in [0.05, 0.1) is 0 Å². The van der Waals surface area contributed by atoms with E-state index in [1.807, 2.05) is 0 Å². The summed E-state index contributed by atoms with van der Waals surface area (Å²) in [5, 5.41) is 2.50. The Morgan fingerprint density at radius 1 is 1.41 bits per heavy atom. The van der Waals surface area contributed by atoms with E-state index >= 15 is 0 Å². The van der Waals surface area contributed by atoms with Crippen LogP contribution in [0.3, 0.4) is 0 Å². The number of benzene rings is 1. The van der Waals surface area contributed by atoms with Gasteiger partial charge in [0.15, 0.2) is 11.6 Å². The molecule has 1 N–H and O–H groups in total. The lowest BCUT2D eigenvalue weighted by Crippen LogP contribution is -2.13. The van der Waals surface area contributed by atoms with Crippen LogP contribution in [0.1, 0.15) is 12.8 Å². The van der Waals surface area contributed by atoms with Crippen molar-refractivity contribution in [2.45, 2.75) is 19.5 Å². The first kappa shape index (κ1) is 11.8. The number of carbonyl (C=O) groups is 1. The van der Waals surface area contributed by atoms with Crippen LogP contribution in [-0.4, -0.2) is 12.5 Å². The average molecular weight is 245 g/mol. The first-order valence-electron chi connectivity index (χ1n) is 5.11. The molecule has 17 heavy (non-hydrogen) atoms. The minimum atomic E-state index is -3.07. The first-order chi connectivity index (χ1) is 8.06. The molecule has 3 nitrogen and oxygen atoms in total. The van der Waals surface area contributed by atoms with Crippen molar-refractivity contribution >= 4 is 11.6 Å². The van der Waals surface area contributed by atoms with Gasteiger partial charge in [-0.3, -0.25) is 4.79 Å². The second-order valence-electron chi connectivity index (χ2n) is 3.79. The van der Waals surface area contributed by atoms with Crippen molar-refractivity contribution in [3.05, 3.63) is 24.0 Å². The molecule has 0 aliphatic heterocycles. The van der Waals surface area contributed by atoms with E-state index in [1.54, 1.807) is 0 Å². The number of hydrogen-bond donors (Lipinski definition) is 1. The van der Waals surface area contributed by atoms with Crippen LogP contribution in [0.4, 0.5) is 18.9 Å². The van der Waals surface area contributed by atoms with Gasteiger partial charge in [0.1, 0.15) is 0 Å². The van der Waals surface area contributed by atoms with Crippen LogP contribution in [-0.2, 0) is 4.79 Å². The van der Waals surface area contributed by atoms with Gasteiger partial charge in [0.25, 0.3) is 0 Å². The monoisotopic (exact) mass is 245 g/mol. The van der Waals surface area contributed by atoms with Gasteiger partial charge in [0.2, 0.25) is 5.91 Å². The Bertz CT molecular complexity index is 433. The molecule has 0 spiro atoms. The summed E-state index contributed by atoms with van der Waals surface area (Å²) in [5.41, 5.74) is 0.237. The van der Waals surface area contributed by atoms with Gasteiger partial charge in [-0.2, -0.15) is 8.78 Å². The molecule has 6 heteroatoms. The molecule has 0 saturated heterocycles. The van der Waals surface area contributed by atoms with Crippen LogP contribution in [0, 0.1) is 11.7 Å². The molecule has 1 aliphatic rings. The second-order valence-corrected chi connectivity index (χ2v) is 3.79. The molecule has 0 radical (unpaired) electrons. The van der Waals surface area contributed by atoms with E-state index in [1.165, 1.54) is 6.07 Å². The van der Waals surface area contributed by atoms with Gasteiger partial charge >= 0.3 is 6.61 Å². The summed E-state index contributed by atoms with van der Waals surface area (Å²) in [4.78, 5) is 11.4. The summed E-state index contributed by atoms with van der Waals surface area (Å²) in [6, 6.07) is 3.34. The Kier molecular flexibility index (Phi) is 3.21. The van der Waals surface area contributed by atoms with Crippen molar-refractivity contribution < 1.29 is 22.7 Å².